The minimum absolute atomic E-state index is 0.0677. The third-order valence-corrected chi connectivity index (χ3v) is 4.07. The summed E-state index contributed by atoms with van der Waals surface area (Å²) < 4.78 is 21.5. The smallest absolute Gasteiger partial charge is 0.466 e. The summed E-state index contributed by atoms with van der Waals surface area (Å²) >= 11 is 0. The molecule has 0 N–H and O–H groups in total. The van der Waals surface area contributed by atoms with E-state index in [4.69, 9.17) is 14.0 Å². The van der Waals surface area contributed by atoms with Crippen LogP contribution in [0.25, 0.3) is 0 Å². The normalized spacial score (nSPS) is 18.3. The third-order valence-electron chi connectivity index (χ3n) is 4.07. The molecule has 7 nitrogen and oxygen atoms in total. The summed E-state index contributed by atoms with van der Waals surface area (Å²) in [7, 11) is 0.639. The maximum atomic E-state index is 11.1. The molecule has 1 aliphatic rings. The number of hydrogen-bond donors (Lipinski definition) is 0. The van der Waals surface area contributed by atoms with Crippen molar-refractivity contribution in [2.75, 3.05) is 13.7 Å². The van der Waals surface area contributed by atoms with Gasteiger partial charge in [0.25, 0.3) is 0 Å². The van der Waals surface area contributed by atoms with Gasteiger partial charge in [-0.15, -0.1) is 0 Å². The number of rotatable bonds is 4. The Kier molecular flexibility index (Phi) is 4.64. The number of pyridine rings is 1. The number of carbonyl (C=O) groups is 1. The first kappa shape index (κ1) is 17.3. The number of methoxy groups -OCH3 is 1. The Morgan fingerprint density at radius 3 is 2.48 bits per heavy atom. The molecule has 0 unspecified atom stereocenters. The predicted octanol–water partition coefficient (Wildman–Crippen LogP) is 0.804. The van der Waals surface area contributed by atoms with E-state index in [9.17, 15) is 10.1 Å². The van der Waals surface area contributed by atoms with E-state index in [0.717, 1.165) is 0 Å². The Hall–Kier alpha value is -2.11. The second kappa shape index (κ2) is 6.18. The second-order valence-corrected chi connectivity index (χ2v) is 6.19. The van der Waals surface area contributed by atoms with Gasteiger partial charge in [-0.1, -0.05) is 0 Å². The van der Waals surface area contributed by atoms with Gasteiger partial charge in [0.05, 0.1) is 18.3 Å². The number of carbonyl (C=O) groups excluding carboxylic acids is 1. The lowest BCUT2D eigenvalue weighted by atomic mass is 9.80. The molecule has 1 fully saturated rings. The van der Waals surface area contributed by atoms with Crippen LogP contribution in [-0.2, 0) is 18.8 Å². The van der Waals surface area contributed by atoms with Crippen LogP contribution in [-0.4, -0.2) is 43.0 Å². The molecule has 0 amide bonds. The van der Waals surface area contributed by atoms with Crippen molar-refractivity contribution in [1.29, 1.82) is 5.26 Å². The second-order valence-electron chi connectivity index (χ2n) is 6.19. The zero-order valence-corrected chi connectivity index (χ0v) is 13.9. The van der Waals surface area contributed by atoms with Crippen LogP contribution in [0, 0.1) is 11.3 Å². The summed E-state index contributed by atoms with van der Waals surface area (Å²) in [4.78, 5) is 15.2. The standard InChI is InChI=1S/C15H19BN2O5/c1-14(2)15(3,4)23-16(22-14)11-6-10(7-17)13(18-8-11)21-9-12(19)20-5/h6,8H,9H2,1-5H3. The molecule has 0 spiro atoms. The quantitative estimate of drug-likeness (QED) is 0.599. The summed E-state index contributed by atoms with van der Waals surface area (Å²) in [6.07, 6.45) is 1.51. The highest BCUT2D eigenvalue weighted by atomic mass is 16.7. The predicted molar refractivity (Wildman–Crippen MR) is 82.2 cm³/mol. The molecule has 0 aromatic carbocycles. The molecule has 0 saturated carbocycles. The summed E-state index contributed by atoms with van der Waals surface area (Å²) in [5.41, 5.74) is -0.151. The lowest BCUT2D eigenvalue weighted by molar-refractivity contribution is -0.143. The number of aromatic nitrogens is 1. The van der Waals surface area contributed by atoms with E-state index in [1.54, 1.807) is 6.07 Å². The van der Waals surface area contributed by atoms with Crippen molar-refractivity contribution in [3.05, 3.63) is 17.8 Å². The van der Waals surface area contributed by atoms with Crippen molar-refractivity contribution in [2.45, 2.75) is 38.9 Å². The van der Waals surface area contributed by atoms with E-state index in [-0.39, 0.29) is 18.1 Å². The van der Waals surface area contributed by atoms with Gasteiger partial charge in [-0.25, -0.2) is 9.78 Å². The van der Waals surface area contributed by atoms with Crippen LogP contribution in [0.3, 0.4) is 0 Å². The lowest BCUT2D eigenvalue weighted by Gasteiger charge is -2.32. The van der Waals surface area contributed by atoms with Crippen LogP contribution >= 0.6 is 0 Å². The number of hydrogen-bond acceptors (Lipinski definition) is 7. The van der Waals surface area contributed by atoms with E-state index < -0.39 is 24.3 Å². The molecule has 2 heterocycles. The van der Waals surface area contributed by atoms with Gasteiger partial charge in [-0.2, -0.15) is 5.26 Å². The summed E-state index contributed by atoms with van der Waals surface area (Å²) in [5.74, 6) is -0.483. The van der Waals surface area contributed by atoms with Crippen LogP contribution in [0.4, 0.5) is 0 Å². The van der Waals surface area contributed by atoms with E-state index in [1.165, 1.54) is 13.3 Å². The zero-order valence-electron chi connectivity index (χ0n) is 13.9. The number of esters is 1. The first-order chi connectivity index (χ1) is 10.7. The third kappa shape index (κ3) is 3.46. The molecule has 122 valence electrons. The topological polar surface area (TPSA) is 90.7 Å². The van der Waals surface area contributed by atoms with Crippen molar-refractivity contribution in [3.63, 3.8) is 0 Å². The maximum absolute atomic E-state index is 11.1. The van der Waals surface area contributed by atoms with Crippen molar-refractivity contribution in [3.8, 4) is 11.9 Å². The van der Waals surface area contributed by atoms with Gasteiger partial charge in [0, 0.05) is 11.7 Å². The molecule has 8 heteroatoms. The molecule has 0 bridgehead atoms. The molecule has 1 saturated heterocycles. The Morgan fingerprint density at radius 1 is 1.35 bits per heavy atom. The molecule has 0 atom stereocenters. The monoisotopic (exact) mass is 318 g/mol. The van der Waals surface area contributed by atoms with E-state index >= 15 is 0 Å². The molecule has 1 aromatic rings. The Balaban J connectivity index is 2.20. The van der Waals surface area contributed by atoms with Gasteiger partial charge in [-0.3, -0.25) is 0 Å². The largest absolute Gasteiger partial charge is 0.496 e. The van der Waals surface area contributed by atoms with Gasteiger partial charge < -0.3 is 18.8 Å². The molecule has 23 heavy (non-hydrogen) atoms. The highest BCUT2D eigenvalue weighted by Crippen LogP contribution is 2.36. The van der Waals surface area contributed by atoms with Gasteiger partial charge >= 0.3 is 13.1 Å². The van der Waals surface area contributed by atoms with Crippen LogP contribution in [0.5, 0.6) is 5.88 Å². The fourth-order valence-corrected chi connectivity index (χ4v) is 1.96. The summed E-state index contributed by atoms with van der Waals surface area (Å²) in [5, 5.41) is 9.25. The van der Waals surface area contributed by atoms with E-state index in [0.29, 0.717) is 5.46 Å². The number of nitriles is 1. The molecule has 0 aliphatic carbocycles. The molecular formula is C15H19BN2O5. The lowest BCUT2D eigenvalue weighted by Crippen LogP contribution is -2.41. The first-order valence-corrected chi connectivity index (χ1v) is 7.15. The van der Waals surface area contributed by atoms with Crippen molar-refractivity contribution in [2.24, 2.45) is 0 Å². The van der Waals surface area contributed by atoms with Crippen LogP contribution in [0.1, 0.15) is 33.3 Å². The Bertz CT molecular complexity index is 638. The van der Waals surface area contributed by atoms with Gasteiger partial charge in [0.2, 0.25) is 5.88 Å². The fraction of sp³-hybridized carbons (Fsp3) is 0.533. The van der Waals surface area contributed by atoms with Gasteiger partial charge in [-0.05, 0) is 33.8 Å². The highest BCUT2D eigenvalue weighted by Gasteiger charge is 2.51. The molecule has 1 aromatic heterocycles. The van der Waals surface area contributed by atoms with Gasteiger partial charge in [0.1, 0.15) is 11.6 Å². The average Bonchev–Trinajstić information content (AvgIpc) is 2.72. The maximum Gasteiger partial charge on any atom is 0.496 e. The average molecular weight is 318 g/mol. The van der Waals surface area contributed by atoms with Crippen LogP contribution in [0.2, 0.25) is 0 Å². The molecular weight excluding hydrogens is 299 g/mol. The van der Waals surface area contributed by atoms with E-state index in [1.807, 2.05) is 33.8 Å². The van der Waals surface area contributed by atoms with Crippen LogP contribution < -0.4 is 10.2 Å². The first-order valence-electron chi connectivity index (χ1n) is 7.15. The SMILES string of the molecule is COC(=O)COc1ncc(B2OC(C)(C)C(C)(C)O2)cc1C#N. The summed E-state index contributed by atoms with van der Waals surface area (Å²) in [6.45, 7) is 7.46. The van der Waals surface area contributed by atoms with Crippen molar-refractivity contribution >= 4 is 18.6 Å². The van der Waals surface area contributed by atoms with Gasteiger partial charge in [0.15, 0.2) is 6.61 Å². The minimum Gasteiger partial charge on any atom is -0.466 e. The van der Waals surface area contributed by atoms with Crippen molar-refractivity contribution < 1.29 is 23.6 Å². The fourth-order valence-electron chi connectivity index (χ4n) is 1.96. The van der Waals surface area contributed by atoms with Crippen LogP contribution in [0.15, 0.2) is 12.3 Å². The molecule has 1 aliphatic heterocycles. The Morgan fingerprint density at radius 2 is 1.96 bits per heavy atom. The number of nitrogens with zero attached hydrogens (tertiary/aromatic N) is 2. The molecule has 0 radical (unpaired) electrons. The Labute approximate surface area is 135 Å². The highest BCUT2D eigenvalue weighted by molar-refractivity contribution is 6.62. The molecule has 2 rings (SSSR count). The number of ether oxygens (including phenoxy) is 2. The minimum atomic E-state index is -0.616. The summed E-state index contributed by atoms with van der Waals surface area (Å²) in [6, 6.07) is 3.58. The zero-order chi connectivity index (χ0) is 17.3. The van der Waals surface area contributed by atoms with Crippen molar-refractivity contribution in [1.82, 2.24) is 4.98 Å². The van der Waals surface area contributed by atoms with E-state index in [2.05, 4.69) is 9.72 Å².